The number of hydrogen-bond acceptors (Lipinski definition) is 2. The van der Waals surface area contributed by atoms with E-state index in [1.54, 1.807) is 0 Å². The van der Waals surface area contributed by atoms with Crippen molar-refractivity contribution in [3.63, 3.8) is 0 Å². The van der Waals surface area contributed by atoms with Crippen LogP contribution >= 0.6 is 0 Å². The molecule has 0 aliphatic carbocycles. The van der Waals surface area contributed by atoms with Crippen LogP contribution in [0.25, 0.3) is 6.08 Å². The summed E-state index contributed by atoms with van der Waals surface area (Å²) in [4.78, 5) is 4.97. The Labute approximate surface area is 139 Å². The number of anilines is 1. The molecule has 1 aliphatic heterocycles. The minimum atomic E-state index is 1.03. The zero-order chi connectivity index (χ0) is 15.7. The lowest BCUT2D eigenvalue weighted by atomic mass is 10.2. The van der Waals surface area contributed by atoms with Gasteiger partial charge in [0.05, 0.1) is 0 Å². The van der Waals surface area contributed by atoms with Gasteiger partial charge in [0.2, 0.25) is 0 Å². The quantitative estimate of drug-likeness (QED) is 0.768. The van der Waals surface area contributed by atoms with Gasteiger partial charge in [-0.3, -0.25) is 4.90 Å². The zero-order valence-electron chi connectivity index (χ0n) is 13.5. The molecule has 2 aromatic carbocycles. The molecular formula is C21H24N2. The van der Waals surface area contributed by atoms with Gasteiger partial charge < -0.3 is 4.90 Å². The smallest absolute Gasteiger partial charge is 0.0367 e. The van der Waals surface area contributed by atoms with Crippen molar-refractivity contribution in [1.82, 2.24) is 4.90 Å². The van der Waals surface area contributed by atoms with Crippen LogP contribution in [0.4, 0.5) is 5.69 Å². The van der Waals surface area contributed by atoms with E-state index in [4.69, 9.17) is 0 Å². The highest BCUT2D eigenvalue weighted by molar-refractivity contribution is 5.50. The predicted molar refractivity (Wildman–Crippen MR) is 99.7 cm³/mol. The van der Waals surface area contributed by atoms with E-state index < -0.39 is 0 Å². The molecule has 118 valence electrons. The van der Waals surface area contributed by atoms with Crippen molar-refractivity contribution in [3.05, 3.63) is 84.5 Å². The molecule has 0 amide bonds. The fraction of sp³-hybridized carbons (Fsp3) is 0.238. The summed E-state index contributed by atoms with van der Waals surface area (Å²) in [5, 5.41) is 0. The van der Waals surface area contributed by atoms with Gasteiger partial charge in [0.15, 0.2) is 0 Å². The highest BCUT2D eigenvalue weighted by Gasteiger charge is 2.15. The van der Waals surface area contributed by atoms with Crippen molar-refractivity contribution in [2.45, 2.75) is 0 Å². The third-order valence-corrected chi connectivity index (χ3v) is 4.19. The molecule has 1 fully saturated rings. The minimum absolute atomic E-state index is 1.03. The number of allylic oxidation sites excluding steroid dienone is 2. The third kappa shape index (κ3) is 4.83. The number of benzene rings is 2. The van der Waals surface area contributed by atoms with E-state index in [1.165, 1.54) is 11.3 Å². The lowest BCUT2D eigenvalue weighted by Gasteiger charge is -2.35. The van der Waals surface area contributed by atoms with Crippen molar-refractivity contribution in [1.29, 1.82) is 0 Å². The number of hydrogen-bond donors (Lipinski definition) is 0. The summed E-state index contributed by atoms with van der Waals surface area (Å²) in [5.41, 5.74) is 2.59. The van der Waals surface area contributed by atoms with Crippen LogP contribution in [0, 0.1) is 0 Å². The summed E-state index contributed by atoms with van der Waals surface area (Å²) < 4.78 is 0. The van der Waals surface area contributed by atoms with Crippen LogP contribution in [0.15, 0.2) is 78.9 Å². The van der Waals surface area contributed by atoms with Gasteiger partial charge in [-0.25, -0.2) is 0 Å². The topological polar surface area (TPSA) is 6.48 Å². The number of rotatable bonds is 5. The molecule has 0 aromatic heterocycles. The molecular weight excluding hydrogens is 280 g/mol. The fourth-order valence-corrected chi connectivity index (χ4v) is 2.85. The average Bonchev–Trinajstić information content (AvgIpc) is 2.64. The number of para-hydroxylation sites is 1. The van der Waals surface area contributed by atoms with E-state index in [0.29, 0.717) is 0 Å². The van der Waals surface area contributed by atoms with Crippen molar-refractivity contribution in [2.75, 3.05) is 37.6 Å². The second kappa shape index (κ2) is 8.35. The maximum Gasteiger partial charge on any atom is 0.0367 e. The van der Waals surface area contributed by atoms with Crippen LogP contribution in [0.1, 0.15) is 5.56 Å². The van der Waals surface area contributed by atoms with Crippen molar-refractivity contribution >= 4 is 11.8 Å². The van der Waals surface area contributed by atoms with Gasteiger partial charge in [-0.15, -0.1) is 0 Å². The Morgan fingerprint density at radius 3 is 2.09 bits per heavy atom. The summed E-state index contributed by atoms with van der Waals surface area (Å²) in [6.07, 6.45) is 8.66. The van der Waals surface area contributed by atoms with E-state index in [9.17, 15) is 0 Å². The first-order valence-corrected chi connectivity index (χ1v) is 8.32. The molecule has 0 unspecified atom stereocenters. The third-order valence-electron chi connectivity index (χ3n) is 4.19. The minimum Gasteiger partial charge on any atom is -0.369 e. The maximum atomic E-state index is 2.51. The van der Waals surface area contributed by atoms with Crippen LogP contribution in [-0.4, -0.2) is 37.6 Å². The highest BCUT2D eigenvalue weighted by atomic mass is 15.3. The molecule has 2 nitrogen and oxygen atoms in total. The number of nitrogens with zero attached hydrogens (tertiary/aromatic N) is 2. The molecule has 2 aromatic rings. The van der Waals surface area contributed by atoms with Crippen molar-refractivity contribution in [2.24, 2.45) is 0 Å². The monoisotopic (exact) mass is 304 g/mol. The van der Waals surface area contributed by atoms with Gasteiger partial charge in [0.25, 0.3) is 0 Å². The molecule has 3 rings (SSSR count). The van der Waals surface area contributed by atoms with Gasteiger partial charge in [-0.05, 0) is 17.7 Å². The van der Waals surface area contributed by atoms with E-state index in [0.717, 1.165) is 32.7 Å². The summed E-state index contributed by atoms with van der Waals surface area (Å²) in [6, 6.07) is 21.1. The Bertz CT molecular complexity index is 623. The molecule has 1 heterocycles. The van der Waals surface area contributed by atoms with Crippen LogP contribution in [-0.2, 0) is 0 Å². The lowest BCUT2D eigenvalue weighted by molar-refractivity contribution is 0.284. The van der Waals surface area contributed by atoms with E-state index >= 15 is 0 Å². The van der Waals surface area contributed by atoms with Crippen LogP contribution in [0.2, 0.25) is 0 Å². The molecule has 0 saturated carbocycles. The number of piperazine rings is 1. The molecule has 23 heavy (non-hydrogen) atoms. The molecule has 0 spiro atoms. The first-order chi connectivity index (χ1) is 11.4. The highest BCUT2D eigenvalue weighted by Crippen LogP contribution is 2.15. The SMILES string of the molecule is C(C=Cc1ccccc1)=CCN1CCN(c2ccccc2)CC1. The standard InChI is InChI=1S/C21H24N2/c1-4-10-20(11-5-1)12-6-3-9-15-22-16-18-23(19-17-22)21-13-7-2-8-14-21/h1-14H,15-19H2. The summed E-state index contributed by atoms with van der Waals surface area (Å²) in [6.45, 7) is 5.50. The van der Waals surface area contributed by atoms with Gasteiger partial charge in [-0.1, -0.05) is 72.8 Å². The van der Waals surface area contributed by atoms with E-state index in [2.05, 4.69) is 88.7 Å². The van der Waals surface area contributed by atoms with Crippen molar-refractivity contribution < 1.29 is 0 Å². The molecule has 1 aliphatic rings. The van der Waals surface area contributed by atoms with Crippen LogP contribution in [0.3, 0.4) is 0 Å². The first kappa shape index (κ1) is 15.6. The van der Waals surface area contributed by atoms with E-state index in [-0.39, 0.29) is 0 Å². The molecule has 0 atom stereocenters. The summed E-state index contributed by atoms with van der Waals surface area (Å²) >= 11 is 0. The molecule has 1 saturated heterocycles. The second-order valence-corrected chi connectivity index (χ2v) is 5.82. The normalized spacial score (nSPS) is 16.4. The Kier molecular flexibility index (Phi) is 5.65. The Balaban J connectivity index is 1.41. The van der Waals surface area contributed by atoms with Crippen molar-refractivity contribution in [3.8, 4) is 0 Å². The fourth-order valence-electron chi connectivity index (χ4n) is 2.85. The Morgan fingerprint density at radius 1 is 0.739 bits per heavy atom. The molecule has 2 heteroatoms. The van der Waals surface area contributed by atoms with Gasteiger partial charge in [0.1, 0.15) is 0 Å². The van der Waals surface area contributed by atoms with Gasteiger partial charge >= 0.3 is 0 Å². The van der Waals surface area contributed by atoms with Crippen LogP contribution in [0.5, 0.6) is 0 Å². The Hall–Kier alpha value is -2.32. The lowest BCUT2D eigenvalue weighted by Crippen LogP contribution is -2.46. The zero-order valence-corrected chi connectivity index (χ0v) is 13.5. The predicted octanol–water partition coefficient (Wildman–Crippen LogP) is 4.08. The molecule has 0 bridgehead atoms. The summed E-state index contributed by atoms with van der Waals surface area (Å²) in [5.74, 6) is 0. The Morgan fingerprint density at radius 2 is 1.39 bits per heavy atom. The van der Waals surface area contributed by atoms with E-state index in [1.807, 2.05) is 6.07 Å². The largest absolute Gasteiger partial charge is 0.369 e. The summed E-state index contributed by atoms with van der Waals surface area (Å²) in [7, 11) is 0. The average molecular weight is 304 g/mol. The molecule has 0 N–H and O–H groups in total. The molecule has 0 radical (unpaired) electrons. The van der Waals surface area contributed by atoms with Gasteiger partial charge in [-0.2, -0.15) is 0 Å². The van der Waals surface area contributed by atoms with Crippen LogP contribution < -0.4 is 4.90 Å². The first-order valence-electron chi connectivity index (χ1n) is 8.32. The second-order valence-electron chi connectivity index (χ2n) is 5.82. The van der Waals surface area contributed by atoms with Gasteiger partial charge in [0, 0.05) is 38.4 Å². The maximum absolute atomic E-state index is 2.51.